The maximum Gasteiger partial charge on any atom is 0.231 e. The van der Waals surface area contributed by atoms with Gasteiger partial charge in [-0.2, -0.15) is 0 Å². The fourth-order valence-electron chi connectivity index (χ4n) is 3.19. The van der Waals surface area contributed by atoms with Crippen LogP contribution in [0.15, 0.2) is 82.9 Å². The molecule has 0 spiro atoms. The first kappa shape index (κ1) is 20.0. The summed E-state index contributed by atoms with van der Waals surface area (Å²) in [5.74, 6) is 1.63. The zero-order valence-electron chi connectivity index (χ0n) is 16.6. The Morgan fingerprint density at radius 1 is 1.20 bits per heavy atom. The van der Waals surface area contributed by atoms with Gasteiger partial charge >= 0.3 is 0 Å². The van der Waals surface area contributed by atoms with Crippen LogP contribution in [0.25, 0.3) is 22.4 Å². The van der Waals surface area contributed by atoms with Gasteiger partial charge in [0.1, 0.15) is 11.3 Å². The summed E-state index contributed by atoms with van der Waals surface area (Å²) in [7, 11) is 0. The van der Waals surface area contributed by atoms with Crippen LogP contribution in [0.5, 0.6) is 0 Å². The van der Waals surface area contributed by atoms with Crippen molar-refractivity contribution in [3.8, 4) is 11.4 Å². The van der Waals surface area contributed by atoms with Crippen LogP contribution in [0, 0.1) is 0 Å². The molecule has 0 aliphatic heterocycles. The van der Waals surface area contributed by atoms with Gasteiger partial charge in [-0.3, -0.25) is 9.36 Å². The Balaban J connectivity index is 1.42. The van der Waals surface area contributed by atoms with E-state index in [-0.39, 0.29) is 17.7 Å². The van der Waals surface area contributed by atoms with Gasteiger partial charge in [0.05, 0.1) is 11.8 Å². The number of hydrogen-bond acceptors (Lipinski definition) is 5. The molecule has 6 nitrogen and oxygen atoms in total. The molecule has 1 N–H and O–H groups in total. The lowest BCUT2D eigenvalue weighted by Gasteiger charge is -2.11. The lowest BCUT2D eigenvalue weighted by molar-refractivity contribution is -0.119. The minimum atomic E-state index is -0.226. The molecule has 2 aromatic carbocycles. The molecule has 0 radical (unpaired) electrons. The Kier molecular flexibility index (Phi) is 5.99. The van der Waals surface area contributed by atoms with Gasteiger partial charge in [-0.15, -0.1) is 16.8 Å². The molecule has 0 aliphatic rings. The first-order valence-electron chi connectivity index (χ1n) is 9.66. The van der Waals surface area contributed by atoms with Gasteiger partial charge in [0.25, 0.3) is 0 Å². The average molecular weight is 419 g/mol. The quantitative estimate of drug-likeness (QED) is 0.327. The minimum absolute atomic E-state index is 0.0950. The van der Waals surface area contributed by atoms with Crippen molar-refractivity contribution in [1.82, 2.24) is 20.1 Å². The van der Waals surface area contributed by atoms with Crippen molar-refractivity contribution >= 4 is 28.6 Å². The molecule has 0 unspecified atom stereocenters. The standard InChI is InChI=1S/C23H22N4O2S/c1-3-13-27-22(17-9-5-4-6-10-17)25-26-23(27)30-15-21(28)24-16(2)20-14-18-11-7-8-12-19(18)29-20/h3-12,14,16H,1,13,15H2,2H3,(H,24,28)/t16-/m0/s1. The van der Waals surface area contributed by atoms with E-state index in [1.165, 1.54) is 11.8 Å². The van der Waals surface area contributed by atoms with Gasteiger partial charge in [0.2, 0.25) is 5.91 Å². The second kappa shape index (κ2) is 9.00. The predicted octanol–water partition coefficient (Wildman–Crippen LogP) is 4.85. The normalized spacial score (nSPS) is 12.0. The van der Waals surface area contributed by atoms with Crippen LogP contribution in [0.3, 0.4) is 0 Å². The van der Waals surface area contributed by atoms with E-state index in [0.29, 0.717) is 11.7 Å². The highest BCUT2D eigenvalue weighted by Gasteiger charge is 2.17. The van der Waals surface area contributed by atoms with E-state index in [4.69, 9.17) is 4.42 Å². The number of nitrogens with one attached hydrogen (secondary N) is 1. The molecule has 7 heteroatoms. The molecule has 0 bridgehead atoms. The number of carbonyl (C=O) groups excluding carboxylic acids is 1. The molecule has 2 aromatic heterocycles. The van der Waals surface area contributed by atoms with Crippen LogP contribution in [0.2, 0.25) is 0 Å². The van der Waals surface area contributed by atoms with E-state index >= 15 is 0 Å². The summed E-state index contributed by atoms with van der Waals surface area (Å²) in [5.41, 5.74) is 1.79. The third-order valence-electron chi connectivity index (χ3n) is 4.64. The SMILES string of the molecule is C=CCn1c(SCC(=O)N[C@@H](C)c2cc3ccccc3o2)nnc1-c1ccccc1. The zero-order valence-corrected chi connectivity index (χ0v) is 17.4. The zero-order chi connectivity index (χ0) is 20.9. The van der Waals surface area contributed by atoms with E-state index in [9.17, 15) is 4.79 Å². The smallest absolute Gasteiger partial charge is 0.231 e. The lowest BCUT2D eigenvalue weighted by atomic mass is 10.2. The van der Waals surface area contributed by atoms with Gasteiger partial charge in [-0.1, -0.05) is 66.4 Å². The van der Waals surface area contributed by atoms with E-state index in [0.717, 1.165) is 28.1 Å². The maximum atomic E-state index is 12.5. The number of thioether (sulfide) groups is 1. The van der Waals surface area contributed by atoms with Crippen molar-refractivity contribution in [1.29, 1.82) is 0 Å². The second-order valence-electron chi connectivity index (χ2n) is 6.84. The first-order valence-corrected chi connectivity index (χ1v) is 10.6. The lowest BCUT2D eigenvalue weighted by Crippen LogP contribution is -2.28. The molecule has 4 aromatic rings. The van der Waals surface area contributed by atoms with Crippen LogP contribution < -0.4 is 5.32 Å². The van der Waals surface area contributed by atoms with E-state index in [1.54, 1.807) is 6.08 Å². The molecule has 2 heterocycles. The third-order valence-corrected chi connectivity index (χ3v) is 5.61. The Labute approximate surface area is 179 Å². The summed E-state index contributed by atoms with van der Waals surface area (Å²) in [6, 6.07) is 19.4. The number of carbonyl (C=O) groups is 1. The number of hydrogen-bond donors (Lipinski definition) is 1. The summed E-state index contributed by atoms with van der Waals surface area (Å²) < 4.78 is 7.80. The van der Waals surface area contributed by atoms with Crippen LogP contribution in [-0.2, 0) is 11.3 Å². The number of fused-ring (bicyclic) bond motifs is 1. The fraction of sp³-hybridized carbons (Fsp3) is 0.174. The summed E-state index contributed by atoms with van der Waals surface area (Å²) in [6.45, 7) is 6.30. The monoisotopic (exact) mass is 418 g/mol. The number of aromatic nitrogens is 3. The average Bonchev–Trinajstić information content (AvgIpc) is 3.37. The fourth-order valence-corrected chi connectivity index (χ4v) is 3.95. The largest absolute Gasteiger partial charge is 0.459 e. The van der Waals surface area contributed by atoms with E-state index < -0.39 is 0 Å². The highest BCUT2D eigenvalue weighted by atomic mass is 32.2. The van der Waals surface area contributed by atoms with Gasteiger partial charge < -0.3 is 9.73 Å². The number of rotatable bonds is 8. The maximum absolute atomic E-state index is 12.5. The molecule has 1 amide bonds. The van der Waals surface area contributed by atoms with Crippen LogP contribution in [0.1, 0.15) is 18.7 Å². The molecule has 0 saturated carbocycles. The van der Waals surface area contributed by atoms with Crippen molar-refractivity contribution in [3.05, 3.63) is 79.1 Å². The molecular formula is C23H22N4O2S. The van der Waals surface area contributed by atoms with Crippen molar-refractivity contribution in [2.24, 2.45) is 0 Å². The highest BCUT2D eigenvalue weighted by molar-refractivity contribution is 7.99. The third kappa shape index (κ3) is 4.31. The van der Waals surface area contributed by atoms with Crippen molar-refractivity contribution in [3.63, 3.8) is 0 Å². The number of para-hydroxylation sites is 1. The van der Waals surface area contributed by atoms with Crippen LogP contribution in [0.4, 0.5) is 0 Å². The Hall–Kier alpha value is -3.32. The first-order chi connectivity index (χ1) is 14.7. The Bertz CT molecular complexity index is 1130. The van der Waals surface area contributed by atoms with Crippen molar-refractivity contribution < 1.29 is 9.21 Å². The summed E-state index contributed by atoms with van der Waals surface area (Å²) in [4.78, 5) is 12.5. The number of amides is 1. The number of nitrogens with zero attached hydrogens (tertiary/aromatic N) is 3. The summed E-state index contributed by atoms with van der Waals surface area (Å²) >= 11 is 1.35. The summed E-state index contributed by atoms with van der Waals surface area (Å²) in [6.07, 6.45) is 1.80. The van der Waals surface area contributed by atoms with E-state index in [1.807, 2.05) is 72.2 Å². The second-order valence-corrected chi connectivity index (χ2v) is 7.78. The molecule has 1 atom stereocenters. The van der Waals surface area contributed by atoms with Gasteiger partial charge in [-0.05, 0) is 19.1 Å². The molecule has 0 saturated heterocycles. The van der Waals surface area contributed by atoms with E-state index in [2.05, 4.69) is 22.1 Å². The van der Waals surface area contributed by atoms with Crippen LogP contribution >= 0.6 is 11.8 Å². The van der Waals surface area contributed by atoms with Gasteiger partial charge in [-0.25, -0.2) is 0 Å². The molecule has 0 aliphatic carbocycles. The van der Waals surface area contributed by atoms with Crippen molar-refractivity contribution in [2.75, 3.05) is 5.75 Å². The Morgan fingerprint density at radius 2 is 1.97 bits per heavy atom. The minimum Gasteiger partial charge on any atom is -0.459 e. The van der Waals surface area contributed by atoms with Crippen LogP contribution in [-0.4, -0.2) is 26.4 Å². The Morgan fingerprint density at radius 3 is 2.73 bits per heavy atom. The molecular weight excluding hydrogens is 396 g/mol. The number of allylic oxidation sites excluding steroid dienone is 1. The molecule has 30 heavy (non-hydrogen) atoms. The number of benzene rings is 2. The molecule has 0 fully saturated rings. The summed E-state index contributed by atoms with van der Waals surface area (Å²) in [5, 5.41) is 13.3. The topological polar surface area (TPSA) is 73.0 Å². The van der Waals surface area contributed by atoms with Crippen molar-refractivity contribution in [2.45, 2.75) is 24.7 Å². The van der Waals surface area contributed by atoms with Gasteiger partial charge in [0.15, 0.2) is 11.0 Å². The predicted molar refractivity (Wildman–Crippen MR) is 119 cm³/mol. The highest BCUT2D eigenvalue weighted by Crippen LogP contribution is 2.25. The molecule has 152 valence electrons. The molecule has 4 rings (SSSR count). The van der Waals surface area contributed by atoms with Gasteiger partial charge in [0, 0.05) is 17.5 Å². The number of furan rings is 1.